The molecule has 0 unspecified atom stereocenters. The summed E-state index contributed by atoms with van der Waals surface area (Å²) < 4.78 is 0. The van der Waals surface area contributed by atoms with Crippen LogP contribution in [0.4, 0.5) is 0 Å². The van der Waals surface area contributed by atoms with E-state index in [0.717, 1.165) is 12.8 Å². The zero-order chi connectivity index (χ0) is 19.3. The van der Waals surface area contributed by atoms with Crippen molar-refractivity contribution in [1.82, 2.24) is 0 Å². The number of aliphatic carboxylic acids is 1. The second-order valence-corrected chi connectivity index (χ2v) is 7.68. The first kappa shape index (κ1) is 29.2. The van der Waals surface area contributed by atoms with Crippen LogP contribution in [0.3, 0.4) is 0 Å². The Morgan fingerprint density at radius 2 is 1.04 bits per heavy atom. The van der Waals surface area contributed by atoms with Crippen LogP contribution >= 0.6 is 0 Å². The van der Waals surface area contributed by atoms with Crippen molar-refractivity contribution in [3.63, 3.8) is 0 Å². The number of unbranched alkanes of at least 4 members (excludes halogenated alkanes) is 16. The average molecular weight is 391 g/mol. The summed E-state index contributed by atoms with van der Waals surface area (Å²) in [5.74, 6) is -0.950. The summed E-state index contributed by atoms with van der Waals surface area (Å²) >= 11 is 0. The minimum Gasteiger partial charge on any atom is -0.550 e. The maximum atomic E-state index is 10.3. The molecular weight excluding hydrogens is 347 g/mol. The van der Waals surface area contributed by atoms with Gasteiger partial charge in [-0.15, -0.1) is 0 Å². The first-order valence-corrected chi connectivity index (χ1v) is 11.2. The first-order valence-electron chi connectivity index (χ1n) is 11.2. The van der Waals surface area contributed by atoms with Gasteiger partial charge < -0.3 is 15.0 Å². The van der Waals surface area contributed by atoms with E-state index in [1.165, 1.54) is 102 Å². The Balaban J connectivity index is 0. The third-order valence-corrected chi connectivity index (χ3v) is 5.04. The molecule has 3 nitrogen and oxygen atoms in total. The molecule has 0 spiro atoms. The summed E-state index contributed by atoms with van der Waals surface area (Å²) in [4.78, 5) is 10.3. The Hall–Kier alpha value is 0.0100. The summed E-state index contributed by atoms with van der Waals surface area (Å²) in [7, 11) is 0. The molecule has 0 saturated heterocycles. The summed E-state index contributed by atoms with van der Waals surface area (Å²) in [5.41, 5.74) is 0. The van der Waals surface area contributed by atoms with E-state index in [4.69, 9.17) is 0 Å². The zero-order valence-electron chi connectivity index (χ0n) is 18.3. The smallest absolute Gasteiger partial charge is 0.550 e. The molecule has 154 valence electrons. The average Bonchev–Trinajstić information content (AvgIpc) is 2.62. The van der Waals surface area contributed by atoms with Gasteiger partial charge in [0.25, 0.3) is 0 Å². The predicted octanol–water partition coefficient (Wildman–Crippen LogP) is 3.61. The van der Waals surface area contributed by atoms with E-state index in [9.17, 15) is 15.0 Å². The van der Waals surface area contributed by atoms with E-state index in [1.54, 1.807) is 0 Å². The van der Waals surface area contributed by atoms with Crippen molar-refractivity contribution < 1.29 is 44.6 Å². The Bertz CT molecular complexity index is 343. The molecule has 0 atom stereocenters. The van der Waals surface area contributed by atoms with Gasteiger partial charge in [-0.1, -0.05) is 110 Å². The number of allylic oxidation sites excluding steroid dienone is 1. The topological polar surface area (TPSA) is 60.4 Å². The molecule has 0 fully saturated rings. The molecular formula is C23H43NaO3. The molecule has 0 aromatic carbocycles. The molecule has 1 N–H and O–H groups in total. The van der Waals surface area contributed by atoms with E-state index in [2.05, 4.69) is 6.92 Å². The quantitative estimate of drug-likeness (QED) is 0.196. The molecule has 4 heteroatoms. The largest absolute Gasteiger partial charge is 1.00 e. The number of hydrogen-bond acceptors (Lipinski definition) is 3. The van der Waals surface area contributed by atoms with Gasteiger partial charge >= 0.3 is 29.6 Å². The molecule has 0 aromatic rings. The van der Waals surface area contributed by atoms with Crippen molar-refractivity contribution in [1.29, 1.82) is 0 Å². The predicted molar refractivity (Wildman–Crippen MR) is 109 cm³/mol. The normalized spacial score (nSPS) is 11.4. The number of rotatable bonds is 20. The van der Waals surface area contributed by atoms with E-state index < -0.39 is 5.97 Å². The summed E-state index contributed by atoms with van der Waals surface area (Å²) in [5, 5.41) is 19.8. The van der Waals surface area contributed by atoms with Crippen LogP contribution < -0.4 is 34.7 Å². The van der Waals surface area contributed by atoms with Crippen LogP contribution in [0.15, 0.2) is 11.8 Å². The van der Waals surface area contributed by atoms with Gasteiger partial charge in [0.05, 0.1) is 5.76 Å². The van der Waals surface area contributed by atoms with Gasteiger partial charge in [-0.25, -0.2) is 0 Å². The molecule has 0 radical (unpaired) electrons. The van der Waals surface area contributed by atoms with Gasteiger partial charge in [-0.2, -0.15) is 0 Å². The SMILES string of the molecule is CCCCCCCCCCCCCCCCCCCC(O)=CCC(=O)[O-].[Na+]. The Morgan fingerprint density at radius 3 is 1.37 bits per heavy atom. The fraction of sp³-hybridized carbons (Fsp3) is 0.870. The number of hydrogen-bond donors (Lipinski definition) is 1. The minimum absolute atomic E-state index is 0. The van der Waals surface area contributed by atoms with Gasteiger partial charge in [-0.3, -0.25) is 0 Å². The molecule has 0 heterocycles. The number of carbonyl (C=O) groups excluding carboxylic acids is 1. The molecule has 0 aliphatic rings. The maximum absolute atomic E-state index is 10.3. The van der Waals surface area contributed by atoms with Gasteiger partial charge in [-0.05, 0) is 12.5 Å². The Morgan fingerprint density at radius 1 is 0.704 bits per heavy atom. The molecule has 0 aromatic heterocycles. The van der Waals surface area contributed by atoms with Crippen LogP contribution in [0.2, 0.25) is 0 Å². The van der Waals surface area contributed by atoms with E-state index in [-0.39, 0.29) is 41.7 Å². The molecule has 0 amide bonds. The van der Waals surface area contributed by atoms with Crippen molar-refractivity contribution in [2.75, 3.05) is 0 Å². The Kier molecular flexibility index (Phi) is 26.0. The number of aliphatic hydroxyl groups excluding tert-OH is 1. The first-order chi connectivity index (χ1) is 12.7. The molecule has 0 aliphatic carbocycles. The second-order valence-electron chi connectivity index (χ2n) is 7.68. The van der Waals surface area contributed by atoms with Crippen molar-refractivity contribution >= 4 is 5.97 Å². The van der Waals surface area contributed by atoms with E-state index in [0.29, 0.717) is 6.42 Å². The van der Waals surface area contributed by atoms with Gasteiger partial charge in [0.1, 0.15) is 0 Å². The van der Waals surface area contributed by atoms with Crippen LogP contribution in [0, 0.1) is 0 Å². The molecule has 27 heavy (non-hydrogen) atoms. The second kappa shape index (κ2) is 24.0. The minimum atomic E-state index is -1.14. The van der Waals surface area contributed by atoms with Crippen molar-refractivity contribution in [3.05, 3.63) is 11.8 Å². The van der Waals surface area contributed by atoms with Gasteiger partial charge in [0.2, 0.25) is 0 Å². The summed E-state index contributed by atoms with van der Waals surface area (Å²) in [6, 6.07) is 0. The maximum Gasteiger partial charge on any atom is 1.00 e. The van der Waals surface area contributed by atoms with Crippen LogP contribution in [-0.2, 0) is 4.79 Å². The molecule has 0 rings (SSSR count). The zero-order valence-corrected chi connectivity index (χ0v) is 20.3. The van der Waals surface area contributed by atoms with Crippen LogP contribution in [0.5, 0.6) is 0 Å². The Labute approximate surface area is 190 Å². The number of carboxylic acids is 1. The number of carbonyl (C=O) groups is 1. The molecule has 0 aliphatic heterocycles. The van der Waals surface area contributed by atoms with E-state index >= 15 is 0 Å². The van der Waals surface area contributed by atoms with Crippen molar-refractivity contribution in [2.45, 2.75) is 129 Å². The van der Waals surface area contributed by atoms with Crippen LogP contribution in [-0.4, -0.2) is 11.1 Å². The summed E-state index contributed by atoms with van der Waals surface area (Å²) in [6.07, 6.45) is 24.5. The molecule has 0 bridgehead atoms. The third-order valence-electron chi connectivity index (χ3n) is 5.04. The third kappa shape index (κ3) is 26.0. The molecule has 0 saturated carbocycles. The number of aliphatic hydroxyl groups is 1. The van der Waals surface area contributed by atoms with Crippen molar-refractivity contribution in [3.8, 4) is 0 Å². The fourth-order valence-corrected chi connectivity index (χ4v) is 3.33. The standard InChI is InChI=1S/C23H44O3.Na/c1-2-3-4-5-6-7-8-9-10-11-12-13-14-15-16-17-18-19-22(24)20-21-23(25)26;/h20,24H,2-19,21H2,1H3,(H,25,26);/q;+1/p-1. The number of carboxylic acid groups (broad SMARTS) is 1. The van der Waals surface area contributed by atoms with E-state index in [1.807, 2.05) is 0 Å². The van der Waals surface area contributed by atoms with Crippen molar-refractivity contribution in [2.24, 2.45) is 0 Å². The van der Waals surface area contributed by atoms with Crippen LogP contribution in [0.25, 0.3) is 0 Å². The fourth-order valence-electron chi connectivity index (χ4n) is 3.33. The van der Waals surface area contributed by atoms with Gasteiger partial charge in [0, 0.05) is 18.8 Å². The monoisotopic (exact) mass is 390 g/mol. The summed E-state index contributed by atoms with van der Waals surface area (Å²) in [6.45, 7) is 2.27. The van der Waals surface area contributed by atoms with Crippen LogP contribution in [0.1, 0.15) is 129 Å². The van der Waals surface area contributed by atoms with Gasteiger partial charge in [0.15, 0.2) is 0 Å².